The molecule has 10 aromatic rings. The molecule has 0 aliphatic carbocycles. The van der Waals surface area contributed by atoms with Crippen LogP contribution in [0.5, 0.6) is 0 Å². The molecule has 1 aromatic heterocycles. The fourth-order valence-corrected chi connectivity index (χ4v) is 13.5. The Balaban J connectivity index is 1.24. The molecule has 0 aliphatic heterocycles. The van der Waals surface area contributed by atoms with E-state index in [0.717, 1.165) is 50.3 Å². The summed E-state index contributed by atoms with van der Waals surface area (Å²) in [6, 6.07) is 83.6. The Morgan fingerprint density at radius 2 is 0.759 bits per heavy atom. The quantitative estimate of drug-likeness (QED) is 0.105. The molecule has 0 N–H and O–H groups in total. The van der Waals surface area contributed by atoms with Gasteiger partial charge in [0.2, 0.25) is 0 Å². The summed E-state index contributed by atoms with van der Waals surface area (Å²) in [5.74, 6) is -0.264. The summed E-state index contributed by atoms with van der Waals surface area (Å²) in [6.07, 6.45) is 0. The summed E-state index contributed by atoms with van der Waals surface area (Å²) >= 11 is 0. The van der Waals surface area contributed by atoms with Gasteiger partial charge in [-0.1, -0.05) is 164 Å². The SMILES string of the molecule is Fc1ccc(N(c2ccc(-c3ccccc3)cc2)c2ccc3c(c2)c2cc([Si](c4ccccc4)(c4ccccc4)c4ccccc4)ccc2n3-c2ccccc2)cc1. The van der Waals surface area contributed by atoms with Gasteiger partial charge in [-0.2, -0.15) is 0 Å². The lowest BCUT2D eigenvalue weighted by Gasteiger charge is -2.34. The van der Waals surface area contributed by atoms with Crippen LogP contribution in [0.4, 0.5) is 21.5 Å². The summed E-state index contributed by atoms with van der Waals surface area (Å²) in [7, 11) is -2.81. The number of anilines is 3. The summed E-state index contributed by atoms with van der Waals surface area (Å²) < 4.78 is 16.8. The molecule has 0 radical (unpaired) electrons. The first-order valence-electron chi connectivity index (χ1n) is 19.7. The van der Waals surface area contributed by atoms with Crippen LogP contribution in [0, 0.1) is 5.82 Å². The van der Waals surface area contributed by atoms with Crippen molar-refractivity contribution in [3.63, 3.8) is 0 Å². The van der Waals surface area contributed by atoms with E-state index in [-0.39, 0.29) is 5.82 Å². The van der Waals surface area contributed by atoms with E-state index < -0.39 is 8.07 Å². The molecule has 0 fully saturated rings. The highest BCUT2D eigenvalue weighted by atomic mass is 28.3. The Morgan fingerprint density at radius 1 is 0.345 bits per heavy atom. The zero-order valence-corrected chi connectivity index (χ0v) is 32.8. The highest BCUT2D eigenvalue weighted by Crippen LogP contribution is 2.40. The number of aromatic nitrogens is 1. The molecule has 58 heavy (non-hydrogen) atoms. The number of rotatable bonds is 9. The Hall–Kier alpha value is -7.27. The molecule has 1 heterocycles. The van der Waals surface area contributed by atoms with E-state index in [9.17, 15) is 4.39 Å². The van der Waals surface area contributed by atoms with Gasteiger partial charge in [-0.05, 0) is 105 Å². The third-order valence-electron chi connectivity index (χ3n) is 11.4. The van der Waals surface area contributed by atoms with E-state index in [1.54, 1.807) is 0 Å². The van der Waals surface area contributed by atoms with Crippen LogP contribution in [0.3, 0.4) is 0 Å². The standard InChI is InChI=1S/C54H39FN2Si/c55-42-28-32-45(33-29-42)56(44-30-26-41(27-31-44)40-16-6-1-7-17-40)46-34-36-53-51(38-46)52-39-50(35-37-54(52)57(53)43-18-8-2-9-19-43)58(47-20-10-3-11-21-47,48-22-12-4-13-23-48)49-24-14-5-15-25-49/h1-39H. The summed E-state index contributed by atoms with van der Waals surface area (Å²) in [4.78, 5) is 2.22. The molecule has 276 valence electrons. The summed E-state index contributed by atoms with van der Waals surface area (Å²) in [6.45, 7) is 0. The Labute approximate surface area is 339 Å². The van der Waals surface area contributed by atoms with Crippen molar-refractivity contribution in [3.05, 3.63) is 242 Å². The van der Waals surface area contributed by atoms with Crippen molar-refractivity contribution in [2.45, 2.75) is 0 Å². The zero-order chi connectivity index (χ0) is 38.9. The van der Waals surface area contributed by atoms with Gasteiger partial charge in [0.25, 0.3) is 0 Å². The molecule has 0 spiro atoms. The fraction of sp³-hybridized carbons (Fsp3) is 0. The van der Waals surface area contributed by atoms with Crippen molar-refractivity contribution >= 4 is 67.7 Å². The van der Waals surface area contributed by atoms with Crippen LogP contribution in [-0.2, 0) is 0 Å². The van der Waals surface area contributed by atoms with Gasteiger partial charge in [0.05, 0.1) is 11.0 Å². The van der Waals surface area contributed by atoms with Crippen LogP contribution in [0.1, 0.15) is 0 Å². The number of hydrogen-bond donors (Lipinski definition) is 0. The molecular weight excluding hydrogens is 724 g/mol. The number of para-hydroxylation sites is 1. The molecule has 0 saturated carbocycles. The Bertz CT molecular complexity index is 2870. The van der Waals surface area contributed by atoms with Crippen molar-refractivity contribution in [1.29, 1.82) is 0 Å². The highest BCUT2D eigenvalue weighted by Gasteiger charge is 2.41. The van der Waals surface area contributed by atoms with Crippen molar-refractivity contribution < 1.29 is 4.39 Å². The number of benzene rings is 9. The first-order chi connectivity index (χ1) is 28.7. The first kappa shape index (κ1) is 35.2. The molecule has 9 aromatic carbocycles. The lowest BCUT2D eigenvalue weighted by atomic mass is 10.0. The molecule has 10 rings (SSSR count). The Kier molecular flexibility index (Phi) is 9.09. The average molecular weight is 763 g/mol. The largest absolute Gasteiger partial charge is 0.310 e. The molecule has 0 atom stereocenters. The predicted molar refractivity (Wildman–Crippen MR) is 244 cm³/mol. The van der Waals surface area contributed by atoms with E-state index in [0.29, 0.717) is 0 Å². The van der Waals surface area contributed by atoms with Crippen LogP contribution in [-0.4, -0.2) is 12.6 Å². The van der Waals surface area contributed by atoms with Crippen LogP contribution in [0.2, 0.25) is 0 Å². The maximum Gasteiger partial charge on any atom is 0.179 e. The zero-order valence-electron chi connectivity index (χ0n) is 31.8. The molecular formula is C54H39FN2Si. The molecule has 0 amide bonds. The minimum atomic E-state index is -2.81. The van der Waals surface area contributed by atoms with Gasteiger partial charge in [-0.15, -0.1) is 0 Å². The third kappa shape index (κ3) is 6.11. The Morgan fingerprint density at radius 3 is 1.29 bits per heavy atom. The minimum Gasteiger partial charge on any atom is -0.310 e. The molecule has 0 bridgehead atoms. The molecule has 4 heteroatoms. The number of halogens is 1. The topological polar surface area (TPSA) is 8.17 Å². The fourth-order valence-electron chi connectivity index (χ4n) is 8.77. The normalized spacial score (nSPS) is 11.5. The predicted octanol–water partition coefficient (Wildman–Crippen LogP) is 11.4. The smallest absolute Gasteiger partial charge is 0.179 e. The molecule has 2 nitrogen and oxygen atoms in total. The monoisotopic (exact) mass is 762 g/mol. The number of nitrogens with zero attached hydrogens (tertiary/aromatic N) is 2. The van der Waals surface area contributed by atoms with E-state index in [1.165, 1.54) is 38.3 Å². The second-order valence-electron chi connectivity index (χ2n) is 14.7. The number of hydrogen-bond acceptors (Lipinski definition) is 1. The highest BCUT2D eigenvalue weighted by molar-refractivity contribution is 7.20. The van der Waals surface area contributed by atoms with Crippen molar-refractivity contribution in [2.24, 2.45) is 0 Å². The summed E-state index contributed by atoms with van der Waals surface area (Å²) in [5.41, 5.74) is 8.52. The minimum absolute atomic E-state index is 0.264. The maximum absolute atomic E-state index is 14.4. The van der Waals surface area contributed by atoms with E-state index in [1.807, 2.05) is 18.2 Å². The van der Waals surface area contributed by atoms with Crippen molar-refractivity contribution in [3.8, 4) is 16.8 Å². The van der Waals surface area contributed by atoms with Gasteiger partial charge in [-0.3, -0.25) is 0 Å². The van der Waals surface area contributed by atoms with Crippen molar-refractivity contribution in [1.82, 2.24) is 4.57 Å². The van der Waals surface area contributed by atoms with Gasteiger partial charge in [0.15, 0.2) is 8.07 Å². The molecule has 0 aliphatic rings. The van der Waals surface area contributed by atoms with Crippen LogP contribution in [0.15, 0.2) is 237 Å². The van der Waals surface area contributed by atoms with Gasteiger partial charge in [0, 0.05) is 33.5 Å². The molecule has 0 unspecified atom stereocenters. The second-order valence-corrected chi connectivity index (χ2v) is 18.5. The lowest BCUT2D eigenvalue weighted by molar-refractivity contribution is 0.628. The first-order valence-corrected chi connectivity index (χ1v) is 21.7. The second kappa shape index (κ2) is 15.0. The lowest BCUT2D eigenvalue weighted by Crippen LogP contribution is -2.74. The van der Waals surface area contributed by atoms with Crippen LogP contribution >= 0.6 is 0 Å². The third-order valence-corrected chi connectivity index (χ3v) is 16.2. The van der Waals surface area contributed by atoms with E-state index in [4.69, 9.17) is 0 Å². The van der Waals surface area contributed by atoms with Crippen LogP contribution in [0.25, 0.3) is 38.6 Å². The maximum atomic E-state index is 14.4. The molecule has 0 saturated heterocycles. The van der Waals surface area contributed by atoms with Crippen LogP contribution < -0.4 is 25.6 Å². The average Bonchev–Trinajstić information content (AvgIpc) is 3.62. The summed E-state index contributed by atoms with van der Waals surface area (Å²) in [5, 5.41) is 7.63. The van der Waals surface area contributed by atoms with E-state index in [2.05, 4.69) is 216 Å². The number of fused-ring (bicyclic) bond motifs is 3. The van der Waals surface area contributed by atoms with Gasteiger partial charge in [0.1, 0.15) is 5.82 Å². The van der Waals surface area contributed by atoms with Gasteiger partial charge < -0.3 is 9.47 Å². The van der Waals surface area contributed by atoms with Gasteiger partial charge in [-0.25, -0.2) is 4.39 Å². The van der Waals surface area contributed by atoms with E-state index >= 15 is 0 Å². The van der Waals surface area contributed by atoms with Gasteiger partial charge >= 0.3 is 0 Å². The van der Waals surface area contributed by atoms with Crippen molar-refractivity contribution in [2.75, 3.05) is 4.90 Å².